The van der Waals surface area contributed by atoms with Crippen LogP contribution < -0.4 is 15.5 Å². The van der Waals surface area contributed by atoms with E-state index in [4.69, 9.17) is 0 Å². The lowest BCUT2D eigenvalue weighted by Crippen LogP contribution is -2.35. The van der Waals surface area contributed by atoms with E-state index in [1.54, 1.807) is 13.3 Å². The predicted molar refractivity (Wildman–Crippen MR) is 66.0 cm³/mol. The number of rotatable bonds is 3. The fourth-order valence-corrected chi connectivity index (χ4v) is 2.03. The highest BCUT2D eigenvalue weighted by atomic mass is 16.1. The second kappa shape index (κ2) is 4.99. The summed E-state index contributed by atoms with van der Waals surface area (Å²) in [5, 5.41) is 5.92. The van der Waals surface area contributed by atoms with Crippen molar-refractivity contribution in [2.24, 2.45) is 0 Å². The minimum absolute atomic E-state index is 0.0236. The van der Waals surface area contributed by atoms with Gasteiger partial charge >= 0.3 is 0 Å². The Kier molecular flexibility index (Phi) is 3.41. The van der Waals surface area contributed by atoms with Crippen molar-refractivity contribution >= 4 is 17.5 Å². The average molecular weight is 235 g/mol. The summed E-state index contributed by atoms with van der Waals surface area (Å²) in [6, 6.07) is 2.14. The molecule has 1 saturated heterocycles. The summed E-state index contributed by atoms with van der Waals surface area (Å²) in [4.78, 5) is 21.5. The number of anilines is 2. The first-order valence-electron chi connectivity index (χ1n) is 5.71. The maximum atomic E-state index is 11.0. The minimum Gasteiger partial charge on any atom is -0.373 e. The summed E-state index contributed by atoms with van der Waals surface area (Å²) < 4.78 is 0. The molecule has 1 amide bonds. The van der Waals surface area contributed by atoms with Crippen LogP contribution in [-0.2, 0) is 4.79 Å². The van der Waals surface area contributed by atoms with Gasteiger partial charge in [-0.05, 0) is 6.42 Å². The Morgan fingerprint density at radius 3 is 3.06 bits per heavy atom. The monoisotopic (exact) mass is 235 g/mol. The standard InChI is InChI=1S/C11H17N5O/c1-8(17)15-9-3-4-16(6-9)11-5-10(12-2)13-7-14-11/h5,7,9H,3-4,6H2,1-2H3,(H,15,17)(H,12,13,14). The molecule has 0 aliphatic carbocycles. The van der Waals surface area contributed by atoms with Crippen LogP contribution in [0.3, 0.4) is 0 Å². The Hall–Kier alpha value is -1.85. The zero-order valence-corrected chi connectivity index (χ0v) is 10.1. The van der Waals surface area contributed by atoms with E-state index >= 15 is 0 Å². The Balaban J connectivity index is 2.01. The van der Waals surface area contributed by atoms with E-state index in [1.807, 2.05) is 13.1 Å². The molecule has 1 unspecified atom stereocenters. The van der Waals surface area contributed by atoms with E-state index in [0.717, 1.165) is 31.1 Å². The van der Waals surface area contributed by atoms with E-state index in [1.165, 1.54) is 0 Å². The molecule has 0 aromatic carbocycles. The van der Waals surface area contributed by atoms with Crippen molar-refractivity contribution in [1.82, 2.24) is 15.3 Å². The quantitative estimate of drug-likeness (QED) is 0.785. The normalized spacial score (nSPS) is 19.2. The number of hydrogen-bond donors (Lipinski definition) is 2. The summed E-state index contributed by atoms with van der Waals surface area (Å²) in [5.74, 6) is 1.73. The molecule has 1 atom stereocenters. The first-order valence-corrected chi connectivity index (χ1v) is 5.71. The molecule has 6 nitrogen and oxygen atoms in total. The van der Waals surface area contributed by atoms with E-state index in [2.05, 4.69) is 25.5 Å². The largest absolute Gasteiger partial charge is 0.373 e. The van der Waals surface area contributed by atoms with E-state index in [9.17, 15) is 4.79 Å². The van der Waals surface area contributed by atoms with E-state index in [0.29, 0.717) is 0 Å². The lowest BCUT2D eigenvalue weighted by Gasteiger charge is -2.17. The average Bonchev–Trinajstić information content (AvgIpc) is 2.77. The van der Waals surface area contributed by atoms with Gasteiger partial charge in [-0.2, -0.15) is 0 Å². The Bertz CT molecular complexity index is 409. The Morgan fingerprint density at radius 2 is 2.35 bits per heavy atom. The third-order valence-corrected chi connectivity index (χ3v) is 2.83. The van der Waals surface area contributed by atoms with Gasteiger partial charge in [-0.15, -0.1) is 0 Å². The molecule has 17 heavy (non-hydrogen) atoms. The highest BCUT2D eigenvalue weighted by Gasteiger charge is 2.24. The van der Waals surface area contributed by atoms with Crippen molar-refractivity contribution in [2.45, 2.75) is 19.4 Å². The van der Waals surface area contributed by atoms with Crippen LogP contribution in [0.5, 0.6) is 0 Å². The maximum Gasteiger partial charge on any atom is 0.217 e. The first kappa shape index (κ1) is 11.6. The number of nitrogens with one attached hydrogen (secondary N) is 2. The molecule has 2 heterocycles. The number of amides is 1. The number of carbonyl (C=O) groups is 1. The molecule has 0 radical (unpaired) electrons. The molecule has 0 spiro atoms. The summed E-state index contributed by atoms with van der Waals surface area (Å²) in [7, 11) is 1.83. The van der Waals surface area contributed by atoms with E-state index in [-0.39, 0.29) is 11.9 Å². The predicted octanol–water partition coefficient (Wildman–Crippen LogP) is 0.233. The minimum atomic E-state index is 0.0236. The zero-order chi connectivity index (χ0) is 12.3. The topological polar surface area (TPSA) is 70.2 Å². The van der Waals surface area contributed by atoms with Gasteiger partial charge in [0, 0.05) is 39.2 Å². The van der Waals surface area contributed by atoms with Crippen LogP contribution in [0.2, 0.25) is 0 Å². The molecule has 0 bridgehead atoms. The smallest absolute Gasteiger partial charge is 0.217 e. The Labute approximate surface area is 100 Å². The second-order valence-corrected chi connectivity index (χ2v) is 4.14. The SMILES string of the molecule is CNc1cc(N2CCC(NC(C)=O)C2)ncn1. The summed E-state index contributed by atoms with van der Waals surface area (Å²) in [6.45, 7) is 3.26. The van der Waals surface area contributed by atoms with E-state index < -0.39 is 0 Å². The molecule has 1 aromatic rings. The number of nitrogens with zero attached hydrogens (tertiary/aromatic N) is 3. The molecular weight excluding hydrogens is 218 g/mol. The van der Waals surface area contributed by atoms with Gasteiger partial charge in [0.1, 0.15) is 18.0 Å². The molecule has 2 N–H and O–H groups in total. The highest BCUT2D eigenvalue weighted by Crippen LogP contribution is 2.19. The zero-order valence-electron chi connectivity index (χ0n) is 10.1. The van der Waals surface area contributed by atoms with Crippen molar-refractivity contribution in [3.63, 3.8) is 0 Å². The van der Waals surface area contributed by atoms with Crippen LogP contribution in [0.4, 0.5) is 11.6 Å². The maximum absolute atomic E-state index is 11.0. The summed E-state index contributed by atoms with van der Waals surface area (Å²) in [5.41, 5.74) is 0. The first-order chi connectivity index (χ1) is 8.19. The summed E-state index contributed by atoms with van der Waals surface area (Å²) in [6.07, 6.45) is 2.51. The molecular formula is C11H17N5O. The van der Waals surface area contributed by atoms with Crippen LogP contribution in [0, 0.1) is 0 Å². The van der Waals surface area contributed by atoms with Crippen LogP contribution >= 0.6 is 0 Å². The number of aromatic nitrogens is 2. The molecule has 1 aromatic heterocycles. The van der Waals surface area contributed by atoms with Gasteiger partial charge in [0.2, 0.25) is 5.91 Å². The second-order valence-electron chi connectivity index (χ2n) is 4.14. The molecule has 1 fully saturated rings. The number of hydrogen-bond acceptors (Lipinski definition) is 5. The van der Waals surface area contributed by atoms with Crippen LogP contribution in [0.1, 0.15) is 13.3 Å². The van der Waals surface area contributed by atoms with Crippen molar-refractivity contribution in [3.05, 3.63) is 12.4 Å². The van der Waals surface area contributed by atoms with Crippen molar-refractivity contribution < 1.29 is 4.79 Å². The lowest BCUT2D eigenvalue weighted by atomic mass is 10.3. The van der Waals surface area contributed by atoms with Gasteiger partial charge in [0.15, 0.2) is 0 Å². The fraction of sp³-hybridized carbons (Fsp3) is 0.545. The Morgan fingerprint density at radius 1 is 1.53 bits per heavy atom. The molecule has 2 rings (SSSR count). The van der Waals surface area contributed by atoms with Gasteiger partial charge in [-0.3, -0.25) is 4.79 Å². The third kappa shape index (κ3) is 2.83. The summed E-state index contributed by atoms with van der Waals surface area (Å²) >= 11 is 0. The van der Waals surface area contributed by atoms with Crippen LogP contribution in [-0.4, -0.2) is 42.1 Å². The van der Waals surface area contributed by atoms with Crippen molar-refractivity contribution in [2.75, 3.05) is 30.4 Å². The molecule has 6 heteroatoms. The molecule has 1 aliphatic rings. The number of carbonyl (C=O) groups excluding carboxylic acids is 1. The molecule has 0 saturated carbocycles. The van der Waals surface area contributed by atoms with Crippen LogP contribution in [0.15, 0.2) is 12.4 Å². The molecule has 92 valence electrons. The molecule has 1 aliphatic heterocycles. The van der Waals surface area contributed by atoms with Crippen molar-refractivity contribution in [3.8, 4) is 0 Å². The van der Waals surface area contributed by atoms with Crippen LogP contribution in [0.25, 0.3) is 0 Å². The third-order valence-electron chi connectivity index (χ3n) is 2.83. The van der Waals surface area contributed by atoms with Gasteiger partial charge in [0.25, 0.3) is 0 Å². The van der Waals surface area contributed by atoms with Gasteiger partial charge in [-0.25, -0.2) is 9.97 Å². The van der Waals surface area contributed by atoms with Gasteiger partial charge in [-0.1, -0.05) is 0 Å². The van der Waals surface area contributed by atoms with Gasteiger partial charge < -0.3 is 15.5 Å². The fourth-order valence-electron chi connectivity index (χ4n) is 2.03. The highest BCUT2D eigenvalue weighted by molar-refractivity contribution is 5.73. The van der Waals surface area contributed by atoms with Gasteiger partial charge in [0.05, 0.1) is 0 Å². The lowest BCUT2D eigenvalue weighted by molar-refractivity contribution is -0.119. The van der Waals surface area contributed by atoms with Crippen molar-refractivity contribution in [1.29, 1.82) is 0 Å².